The largest absolute Gasteiger partial charge is 0.374 e. The van der Waals surface area contributed by atoms with Crippen molar-refractivity contribution in [3.63, 3.8) is 0 Å². The lowest BCUT2D eigenvalue weighted by Crippen LogP contribution is -2.28. The van der Waals surface area contributed by atoms with Crippen molar-refractivity contribution in [1.29, 1.82) is 0 Å². The molecule has 7 heteroatoms. The number of nitrogens with zero attached hydrogens (tertiary/aromatic N) is 5. The Bertz CT molecular complexity index is 1170. The summed E-state index contributed by atoms with van der Waals surface area (Å²) in [6, 6.07) is 16.0. The zero-order chi connectivity index (χ0) is 24.1. The second-order valence-electron chi connectivity index (χ2n) is 8.84. The van der Waals surface area contributed by atoms with Crippen molar-refractivity contribution in [2.45, 2.75) is 12.8 Å². The van der Waals surface area contributed by atoms with Crippen LogP contribution in [0.5, 0.6) is 0 Å². The maximum absolute atomic E-state index is 6.13. The predicted molar refractivity (Wildman–Crippen MR) is 147 cm³/mol. The van der Waals surface area contributed by atoms with E-state index in [1.54, 1.807) is 0 Å². The summed E-state index contributed by atoms with van der Waals surface area (Å²) < 4.78 is 0. The van der Waals surface area contributed by atoms with Gasteiger partial charge in [0.2, 0.25) is 0 Å². The highest BCUT2D eigenvalue weighted by Gasteiger charge is 2.10. The number of aromatic nitrogens is 2. The molecular weight excluding hydrogens is 465 g/mol. The first-order valence-electron chi connectivity index (χ1n) is 11.6. The van der Waals surface area contributed by atoms with Crippen LogP contribution in [0.2, 0.25) is 10.0 Å². The zero-order valence-corrected chi connectivity index (χ0v) is 21.5. The van der Waals surface area contributed by atoms with Gasteiger partial charge >= 0.3 is 0 Å². The van der Waals surface area contributed by atoms with E-state index >= 15 is 0 Å². The average molecular weight is 496 g/mol. The van der Waals surface area contributed by atoms with Crippen LogP contribution in [-0.2, 0) is 0 Å². The second kappa shape index (κ2) is 11.2. The van der Waals surface area contributed by atoms with Crippen LogP contribution in [-0.4, -0.2) is 62.2 Å². The fourth-order valence-electron chi connectivity index (χ4n) is 4.39. The second-order valence-corrected chi connectivity index (χ2v) is 9.71. The summed E-state index contributed by atoms with van der Waals surface area (Å²) in [5.74, 6) is 0. The maximum atomic E-state index is 6.13. The molecule has 178 valence electrons. The molecule has 0 saturated heterocycles. The van der Waals surface area contributed by atoms with E-state index in [-0.39, 0.29) is 0 Å². The third-order valence-corrected chi connectivity index (χ3v) is 6.72. The number of pyridine rings is 2. The first-order valence-corrected chi connectivity index (χ1v) is 12.4. The Labute approximate surface area is 211 Å². The van der Waals surface area contributed by atoms with Gasteiger partial charge in [-0.05, 0) is 81.5 Å². The Morgan fingerprint density at radius 2 is 1.06 bits per heavy atom. The number of fused-ring (bicyclic) bond motifs is 2. The third kappa shape index (κ3) is 5.90. The zero-order valence-electron chi connectivity index (χ0n) is 20.0. The minimum absolute atomic E-state index is 0.716. The summed E-state index contributed by atoms with van der Waals surface area (Å²) in [6.45, 7) is 4.08. The third-order valence-electron chi connectivity index (χ3n) is 6.25. The Morgan fingerprint density at radius 3 is 1.50 bits per heavy atom. The maximum Gasteiger partial charge on any atom is 0.0737 e. The first kappa shape index (κ1) is 24.5. The van der Waals surface area contributed by atoms with E-state index in [9.17, 15) is 0 Å². The summed E-state index contributed by atoms with van der Waals surface area (Å²) in [7, 11) is 6.49. The summed E-state index contributed by atoms with van der Waals surface area (Å²) in [5, 5.41) is 3.70. The highest BCUT2D eigenvalue weighted by atomic mass is 35.5. The molecule has 0 saturated carbocycles. The lowest BCUT2D eigenvalue weighted by Gasteiger charge is -2.24. The molecule has 0 bridgehead atoms. The predicted octanol–water partition coefficient (Wildman–Crippen LogP) is 6.37. The van der Waals surface area contributed by atoms with E-state index in [0.717, 1.165) is 60.8 Å². The molecule has 4 aromatic rings. The molecule has 0 atom stereocenters. The average Bonchev–Trinajstić information content (AvgIpc) is 2.82. The lowest BCUT2D eigenvalue weighted by molar-refractivity contribution is 0.327. The normalized spacial score (nSPS) is 11.5. The van der Waals surface area contributed by atoms with Gasteiger partial charge in [-0.15, -0.1) is 0 Å². The molecule has 0 fully saturated rings. The fourth-order valence-corrected chi connectivity index (χ4v) is 4.72. The van der Waals surface area contributed by atoms with Gasteiger partial charge in [0, 0.05) is 71.8 Å². The molecule has 0 spiro atoms. The van der Waals surface area contributed by atoms with Gasteiger partial charge in [0.1, 0.15) is 0 Å². The smallest absolute Gasteiger partial charge is 0.0737 e. The SMILES string of the molecule is CN(CCCN(C)c1ccnc2cc(Cl)ccc12)CCCN(C)c1ccnc2cc(Cl)ccc12. The van der Waals surface area contributed by atoms with Crippen LogP contribution in [0.15, 0.2) is 60.9 Å². The molecule has 4 rings (SSSR count). The van der Waals surface area contributed by atoms with E-state index in [1.165, 1.54) is 11.4 Å². The molecule has 0 aliphatic heterocycles. The van der Waals surface area contributed by atoms with Crippen LogP contribution < -0.4 is 9.80 Å². The van der Waals surface area contributed by atoms with Gasteiger partial charge in [0.05, 0.1) is 11.0 Å². The Morgan fingerprint density at radius 1 is 0.618 bits per heavy atom. The molecule has 5 nitrogen and oxygen atoms in total. The van der Waals surface area contributed by atoms with Crippen molar-refractivity contribution in [3.05, 3.63) is 71.0 Å². The topological polar surface area (TPSA) is 35.5 Å². The van der Waals surface area contributed by atoms with E-state index in [0.29, 0.717) is 10.0 Å². The number of hydrogen-bond acceptors (Lipinski definition) is 5. The number of halogens is 2. The molecule has 2 aromatic heterocycles. The number of hydrogen-bond donors (Lipinski definition) is 0. The van der Waals surface area contributed by atoms with Gasteiger partial charge in [-0.25, -0.2) is 0 Å². The van der Waals surface area contributed by atoms with Gasteiger partial charge in [-0.2, -0.15) is 0 Å². The minimum Gasteiger partial charge on any atom is -0.374 e. The van der Waals surface area contributed by atoms with Crippen LogP contribution in [0.1, 0.15) is 12.8 Å². The highest BCUT2D eigenvalue weighted by molar-refractivity contribution is 6.31. The van der Waals surface area contributed by atoms with E-state index in [2.05, 4.69) is 70.1 Å². The monoisotopic (exact) mass is 495 g/mol. The van der Waals surface area contributed by atoms with E-state index < -0.39 is 0 Å². The van der Waals surface area contributed by atoms with Crippen molar-refractivity contribution < 1.29 is 0 Å². The highest BCUT2D eigenvalue weighted by Crippen LogP contribution is 2.28. The summed E-state index contributed by atoms with van der Waals surface area (Å²) in [6.07, 6.45) is 5.90. The van der Waals surface area contributed by atoms with Crippen LogP contribution in [0.4, 0.5) is 11.4 Å². The van der Waals surface area contributed by atoms with Crippen molar-refractivity contribution in [3.8, 4) is 0 Å². The molecule has 0 N–H and O–H groups in total. The summed E-state index contributed by atoms with van der Waals surface area (Å²) in [4.78, 5) is 15.9. The van der Waals surface area contributed by atoms with Crippen molar-refractivity contribution in [2.75, 3.05) is 57.1 Å². The van der Waals surface area contributed by atoms with Gasteiger partial charge < -0.3 is 14.7 Å². The standard InChI is InChI=1S/C27H31Cl2N5/c1-32(14-4-16-33(2)26-10-12-30-24-18-20(28)6-8-22(24)26)15-5-17-34(3)27-11-13-31-25-19-21(29)7-9-23(25)27/h6-13,18-19H,4-5,14-17H2,1-3H3. The number of benzene rings is 2. The van der Waals surface area contributed by atoms with Crippen molar-refractivity contribution in [1.82, 2.24) is 14.9 Å². The molecule has 0 unspecified atom stereocenters. The molecular formula is C27H31Cl2N5. The van der Waals surface area contributed by atoms with Crippen molar-refractivity contribution in [2.24, 2.45) is 0 Å². The fraction of sp³-hybridized carbons (Fsp3) is 0.333. The minimum atomic E-state index is 0.716. The molecule has 2 heterocycles. The molecule has 34 heavy (non-hydrogen) atoms. The van der Waals surface area contributed by atoms with Crippen LogP contribution >= 0.6 is 23.2 Å². The van der Waals surface area contributed by atoms with Crippen molar-refractivity contribution >= 4 is 56.4 Å². The molecule has 0 radical (unpaired) electrons. The van der Waals surface area contributed by atoms with Gasteiger partial charge in [0.25, 0.3) is 0 Å². The van der Waals surface area contributed by atoms with Crippen LogP contribution in [0.3, 0.4) is 0 Å². The summed E-state index contributed by atoms with van der Waals surface area (Å²) in [5.41, 5.74) is 4.25. The van der Waals surface area contributed by atoms with Crippen LogP contribution in [0.25, 0.3) is 21.8 Å². The Balaban J connectivity index is 1.24. The van der Waals surface area contributed by atoms with Gasteiger partial charge in [0.15, 0.2) is 0 Å². The lowest BCUT2D eigenvalue weighted by atomic mass is 10.1. The Kier molecular flexibility index (Phi) is 8.09. The van der Waals surface area contributed by atoms with Crippen LogP contribution in [0, 0.1) is 0 Å². The number of anilines is 2. The van der Waals surface area contributed by atoms with E-state index in [4.69, 9.17) is 23.2 Å². The van der Waals surface area contributed by atoms with Gasteiger partial charge in [-0.3, -0.25) is 9.97 Å². The molecule has 0 aliphatic carbocycles. The first-order chi connectivity index (χ1) is 16.4. The molecule has 0 aliphatic rings. The van der Waals surface area contributed by atoms with Gasteiger partial charge in [-0.1, -0.05) is 23.2 Å². The Hall–Kier alpha value is -2.60. The number of rotatable bonds is 10. The summed E-state index contributed by atoms with van der Waals surface area (Å²) >= 11 is 12.3. The molecule has 2 aromatic carbocycles. The van der Waals surface area contributed by atoms with E-state index in [1.807, 2.05) is 36.7 Å². The molecule has 0 amide bonds. The quantitative estimate of drug-likeness (QED) is 0.255.